The van der Waals surface area contributed by atoms with Gasteiger partial charge in [-0.15, -0.1) is 5.10 Å². The molecule has 2 aromatic rings. The number of carbonyl (C=O) groups is 1. The van der Waals surface area contributed by atoms with Crippen LogP contribution in [0, 0.1) is 11.7 Å². The predicted molar refractivity (Wildman–Crippen MR) is 107 cm³/mol. The van der Waals surface area contributed by atoms with Crippen molar-refractivity contribution in [3.8, 4) is 11.8 Å². The van der Waals surface area contributed by atoms with Gasteiger partial charge in [0.15, 0.2) is 0 Å². The monoisotopic (exact) mass is 418 g/mol. The molecule has 9 nitrogen and oxygen atoms in total. The fourth-order valence-corrected chi connectivity index (χ4v) is 3.73. The molecule has 4 rings (SSSR count). The molecule has 2 fully saturated rings. The van der Waals surface area contributed by atoms with E-state index in [1.807, 2.05) is 10.9 Å². The first-order valence-corrected chi connectivity index (χ1v) is 10.3. The predicted octanol–water partition coefficient (Wildman–Crippen LogP) is 2.97. The number of nitrogens with zero attached hydrogens (tertiary/aromatic N) is 4. The van der Waals surface area contributed by atoms with E-state index in [1.54, 1.807) is 7.11 Å². The van der Waals surface area contributed by atoms with Gasteiger partial charge in [-0.2, -0.15) is 9.37 Å². The summed E-state index contributed by atoms with van der Waals surface area (Å²) in [7, 11) is 1.55. The van der Waals surface area contributed by atoms with Crippen molar-refractivity contribution in [1.82, 2.24) is 25.1 Å². The molecule has 162 valence electrons. The zero-order valence-electron chi connectivity index (χ0n) is 17.2. The SMILES string of the molecule is COc1nn(C2CC2)cc1Nc1ncc(F)c(OCC2CCC(NC(C)=O)CC2)n1. The molecule has 0 radical (unpaired) electrons. The lowest BCUT2D eigenvalue weighted by Crippen LogP contribution is -2.37. The van der Waals surface area contributed by atoms with Crippen LogP contribution in [0.25, 0.3) is 0 Å². The lowest BCUT2D eigenvalue weighted by atomic mass is 9.86. The van der Waals surface area contributed by atoms with Crippen LogP contribution >= 0.6 is 0 Å². The molecule has 2 saturated carbocycles. The minimum atomic E-state index is -0.604. The molecule has 2 N–H and O–H groups in total. The van der Waals surface area contributed by atoms with Crippen molar-refractivity contribution in [2.24, 2.45) is 5.92 Å². The number of nitrogens with one attached hydrogen (secondary N) is 2. The van der Waals surface area contributed by atoms with Crippen molar-refractivity contribution in [3.63, 3.8) is 0 Å². The molecule has 30 heavy (non-hydrogen) atoms. The fourth-order valence-electron chi connectivity index (χ4n) is 3.73. The summed E-state index contributed by atoms with van der Waals surface area (Å²) in [6.45, 7) is 1.91. The van der Waals surface area contributed by atoms with Crippen molar-refractivity contribution >= 4 is 17.5 Å². The fraction of sp³-hybridized carbons (Fsp3) is 0.600. The Kier molecular flexibility index (Phi) is 6.01. The van der Waals surface area contributed by atoms with Gasteiger partial charge in [0, 0.05) is 13.0 Å². The molecule has 0 saturated heterocycles. The second-order valence-electron chi connectivity index (χ2n) is 7.96. The maximum absolute atomic E-state index is 14.2. The zero-order valence-corrected chi connectivity index (χ0v) is 17.2. The Bertz CT molecular complexity index is 893. The van der Waals surface area contributed by atoms with Crippen LogP contribution in [0.3, 0.4) is 0 Å². The summed E-state index contributed by atoms with van der Waals surface area (Å²) in [4.78, 5) is 19.4. The lowest BCUT2D eigenvalue weighted by molar-refractivity contribution is -0.119. The van der Waals surface area contributed by atoms with Gasteiger partial charge in [0.2, 0.25) is 17.7 Å². The van der Waals surface area contributed by atoms with Crippen LogP contribution in [-0.4, -0.2) is 45.4 Å². The number of anilines is 2. The largest absolute Gasteiger partial charge is 0.478 e. The third-order valence-electron chi connectivity index (χ3n) is 5.48. The van der Waals surface area contributed by atoms with E-state index in [1.165, 1.54) is 6.92 Å². The average molecular weight is 418 g/mol. The Morgan fingerprint density at radius 3 is 2.67 bits per heavy atom. The van der Waals surface area contributed by atoms with Crippen molar-refractivity contribution in [3.05, 3.63) is 18.2 Å². The minimum Gasteiger partial charge on any atom is -0.478 e. The average Bonchev–Trinajstić information content (AvgIpc) is 3.50. The Morgan fingerprint density at radius 2 is 2.00 bits per heavy atom. The Balaban J connectivity index is 1.35. The van der Waals surface area contributed by atoms with Gasteiger partial charge in [0.05, 0.1) is 32.2 Å². The molecule has 2 aliphatic rings. The molecule has 2 aliphatic carbocycles. The van der Waals surface area contributed by atoms with E-state index in [0.717, 1.165) is 44.7 Å². The summed E-state index contributed by atoms with van der Waals surface area (Å²) in [6.07, 6.45) is 8.77. The van der Waals surface area contributed by atoms with Crippen molar-refractivity contribution < 1.29 is 18.7 Å². The molecule has 10 heteroatoms. The van der Waals surface area contributed by atoms with Crippen molar-refractivity contribution in [2.75, 3.05) is 19.0 Å². The van der Waals surface area contributed by atoms with Crippen molar-refractivity contribution in [1.29, 1.82) is 0 Å². The van der Waals surface area contributed by atoms with E-state index < -0.39 is 5.82 Å². The smallest absolute Gasteiger partial charge is 0.256 e. The van der Waals surface area contributed by atoms with Gasteiger partial charge in [0.25, 0.3) is 11.8 Å². The minimum absolute atomic E-state index is 0.00269. The number of halogens is 1. The first-order valence-electron chi connectivity index (χ1n) is 10.3. The molecule has 0 unspecified atom stereocenters. The first kappa shape index (κ1) is 20.4. The highest BCUT2D eigenvalue weighted by atomic mass is 19.1. The van der Waals surface area contributed by atoms with Gasteiger partial charge in [0.1, 0.15) is 5.69 Å². The van der Waals surface area contributed by atoms with E-state index in [4.69, 9.17) is 9.47 Å². The summed E-state index contributed by atoms with van der Waals surface area (Å²) >= 11 is 0. The number of carbonyl (C=O) groups excluding carboxylic acids is 1. The summed E-state index contributed by atoms with van der Waals surface area (Å²) in [6, 6.07) is 0.625. The van der Waals surface area contributed by atoms with Gasteiger partial charge < -0.3 is 20.1 Å². The second kappa shape index (κ2) is 8.85. The van der Waals surface area contributed by atoms with Crippen LogP contribution in [0.15, 0.2) is 12.4 Å². The molecule has 2 aromatic heterocycles. The number of methoxy groups -OCH3 is 1. The topological polar surface area (TPSA) is 103 Å². The Morgan fingerprint density at radius 1 is 1.23 bits per heavy atom. The number of rotatable bonds is 8. The van der Waals surface area contributed by atoms with E-state index in [-0.39, 0.29) is 23.8 Å². The van der Waals surface area contributed by atoms with Gasteiger partial charge in [-0.3, -0.25) is 9.48 Å². The van der Waals surface area contributed by atoms with Gasteiger partial charge in [-0.1, -0.05) is 0 Å². The van der Waals surface area contributed by atoms with E-state index in [9.17, 15) is 9.18 Å². The number of amides is 1. The Hall–Kier alpha value is -2.91. The molecule has 0 spiro atoms. The number of hydrogen-bond acceptors (Lipinski definition) is 7. The first-order chi connectivity index (χ1) is 14.5. The number of hydrogen-bond donors (Lipinski definition) is 2. The summed E-state index contributed by atoms with van der Waals surface area (Å²) in [5.74, 6) is 0.274. The van der Waals surface area contributed by atoms with E-state index in [0.29, 0.717) is 30.1 Å². The Labute approximate surface area is 174 Å². The summed E-state index contributed by atoms with van der Waals surface area (Å²) in [5.41, 5.74) is 0.623. The second-order valence-corrected chi connectivity index (χ2v) is 7.96. The summed E-state index contributed by atoms with van der Waals surface area (Å²) < 4.78 is 27.0. The van der Waals surface area contributed by atoms with Crippen LogP contribution < -0.4 is 20.1 Å². The third kappa shape index (κ3) is 4.98. The highest BCUT2D eigenvalue weighted by Crippen LogP contribution is 2.37. The molecule has 0 bridgehead atoms. The maximum Gasteiger partial charge on any atom is 0.256 e. The summed E-state index contributed by atoms with van der Waals surface area (Å²) in [5, 5.41) is 10.4. The van der Waals surface area contributed by atoms with Crippen molar-refractivity contribution in [2.45, 2.75) is 57.5 Å². The van der Waals surface area contributed by atoms with E-state index >= 15 is 0 Å². The molecule has 1 amide bonds. The quantitative estimate of drug-likeness (QED) is 0.679. The van der Waals surface area contributed by atoms with Crippen LogP contribution in [0.2, 0.25) is 0 Å². The van der Waals surface area contributed by atoms with Crippen LogP contribution in [0.5, 0.6) is 11.8 Å². The third-order valence-corrected chi connectivity index (χ3v) is 5.48. The molecule has 0 aromatic carbocycles. The van der Waals surface area contributed by atoms with E-state index in [2.05, 4.69) is 25.7 Å². The molecule has 0 aliphatic heterocycles. The molecular weight excluding hydrogens is 391 g/mol. The van der Waals surface area contributed by atoms with Gasteiger partial charge >= 0.3 is 0 Å². The number of aromatic nitrogens is 4. The van der Waals surface area contributed by atoms with Crippen LogP contribution in [-0.2, 0) is 4.79 Å². The lowest BCUT2D eigenvalue weighted by Gasteiger charge is -2.28. The highest BCUT2D eigenvalue weighted by molar-refractivity contribution is 5.73. The number of ether oxygens (including phenoxy) is 2. The standard InChI is InChI=1S/C20H27FN6O3/c1-12(28)23-14-5-3-13(4-6-14)11-30-18-16(21)9-22-20(25-18)24-17-10-27(15-7-8-15)26-19(17)29-2/h9-10,13-15H,3-8,11H2,1-2H3,(H,23,28)(H,22,24,25). The molecule has 0 atom stereocenters. The van der Waals surface area contributed by atoms with Crippen LogP contribution in [0.1, 0.15) is 51.5 Å². The zero-order chi connectivity index (χ0) is 21.1. The normalized spacial score (nSPS) is 21.2. The van der Waals surface area contributed by atoms with Gasteiger partial charge in [-0.05, 0) is 44.4 Å². The molecular formula is C20H27FN6O3. The van der Waals surface area contributed by atoms with Crippen LogP contribution in [0.4, 0.5) is 16.0 Å². The highest BCUT2D eigenvalue weighted by Gasteiger charge is 2.27. The molecule has 2 heterocycles. The maximum atomic E-state index is 14.2. The van der Waals surface area contributed by atoms with Gasteiger partial charge in [-0.25, -0.2) is 4.98 Å².